The van der Waals surface area contributed by atoms with Crippen LogP contribution in [0.1, 0.15) is 134 Å². The zero-order valence-corrected chi connectivity index (χ0v) is 31.1. The first-order chi connectivity index (χ1) is 22.1. The standard InChI is InChI=1S/C22H28Se.C20H24OSe/c1-3-5-17-7-9-18(10-8-17)19-11-13-20(14-12-19)22-16-15-21(23-22)6-4-2;1-2-3-15-4-6-16(7-5-15)17-8-10-18(11-9-17)20-13-12-19(14-21)22-20/h4,6,11-18H,3,5,7-10H2,1-2H3;8-16H,2-7H2,1H3. The van der Waals surface area contributed by atoms with E-state index in [2.05, 4.69) is 99.7 Å². The molecule has 3 heteroatoms. The third kappa shape index (κ3) is 9.68. The molecule has 2 fully saturated rings. The molecule has 0 atom stereocenters. The van der Waals surface area contributed by atoms with E-state index in [0.29, 0.717) is 14.5 Å². The number of aldehydes is 1. The van der Waals surface area contributed by atoms with Gasteiger partial charge in [-0.25, -0.2) is 0 Å². The predicted molar refractivity (Wildman–Crippen MR) is 197 cm³/mol. The van der Waals surface area contributed by atoms with E-state index in [1.807, 2.05) is 6.07 Å². The van der Waals surface area contributed by atoms with Gasteiger partial charge in [-0.3, -0.25) is 0 Å². The van der Waals surface area contributed by atoms with Crippen LogP contribution in [0.3, 0.4) is 0 Å². The van der Waals surface area contributed by atoms with Crippen molar-refractivity contribution in [1.82, 2.24) is 0 Å². The van der Waals surface area contributed by atoms with E-state index >= 15 is 0 Å². The van der Waals surface area contributed by atoms with Crippen molar-refractivity contribution in [3.05, 3.63) is 98.9 Å². The van der Waals surface area contributed by atoms with E-state index in [4.69, 9.17) is 0 Å². The van der Waals surface area contributed by atoms with Gasteiger partial charge in [0.2, 0.25) is 0 Å². The molecule has 0 spiro atoms. The Morgan fingerprint density at radius 1 is 0.578 bits per heavy atom. The molecule has 0 N–H and O–H groups in total. The van der Waals surface area contributed by atoms with E-state index in [9.17, 15) is 4.79 Å². The topological polar surface area (TPSA) is 17.1 Å². The Morgan fingerprint density at radius 3 is 1.38 bits per heavy atom. The second-order valence-electron chi connectivity index (χ2n) is 13.3. The number of benzene rings is 2. The Hall–Kier alpha value is -2.15. The molecule has 2 saturated carbocycles. The summed E-state index contributed by atoms with van der Waals surface area (Å²) in [6.07, 6.45) is 22.1. The Labute approximate surface area is 285 Å². The fraction of sp³-hybridized carbons (Fsp3) is 0.452. The second-order valence-corrected chi connectivity index (χ2v) is 18.0. The molecule has 45 heavy (non-hydrogen) atoms. The van der Waals surface area contributed by atoms with Gasteiger partial charge in [-0.15, -0.1) is 0 Å². The molecular weight excluding hydrogens is 678 g/mol. The van der Waals surface area contributed by atoms with Crippen molar-refractivity contribution in [3.8, 4) is 20.0 Å². The maximum atomic E-state index is 10.8. The monoisotopic (exact) mass is 732 g/mol. The Bertz CT molecular complexity index is 1460. The summed E-state index contributed by atoms with van der Waals surface area (Å²) in [5.41, 5.74) is 5.78. The molecule has 2 aliphatic carbocycles. The van der Waals surface area contributed by atoms with Gasteiger partial charge in [-0.05, 0) is 0 Å². The van der Waals surface area contributed by atoms with Gasteiger partial charge in [0.1, 0.15) is 0 Å². The van der Waals surface area contributed by atoms with Crippen molar-refractivity contribution in [2.75, 3.05) is 0 Å². The number of carbonyl (C=O) groups is 1. The zero-order chi connectivity index (χ0) is 31.4. The summed E-state index contributed by atoms with van der Waals surface area (Å²) in [6.45, 7) is 6.72. The Kier molecular flexibility index (Phi) is 13.4. The van der Waals surface area contributed by atoms with Gasteiger partial charge >= 0.3 is 287 Å². The van der Waals surface area contributed by atoms with Gasteiger partial charge in [0, 0.05) is 0 Å². The molecule has 238 valence electrons. The van der Waals surface area contributed by atoms with Gasteiger partial charge < -0.3 is 0 Å². The first kappa shape index (κ1) is 34.2. The van der Waals surface area contributed by atoms with Crippen molar-refractivity contribution >= 4 is 41.4 Å². The molecule has 0 aliphatic heterocycles. The van der Waals surface area contributed by atoms with Crippen LogP contribution in [-0.4, -0.2) is 35.3 Å². The van der Waals surface area contributed by atoms with Crippen LogP contribution in [0.5, 0.6) is 0 Å². The SMILES string of the molecule is CC=Cc1ccc(-c2ccc(C3CCC(CCC)CC3)cc2)[se]1.CCCC1CCC(c2ccc(-c3ccc(C=O)[se]3)cc2)CC1. The van der Waals surface area contributed by atoms with Crippen molar-refractivity contribution in [3.63, 3.8) is 0 Å². The molecule has 2 heterocycles. The van der Waals surface area contributed by atoms with Crippen molar-refractivity contribution in [2.24, 2.45) is 11.8 Å². The fourth-order valence-electron chi connectivity index (χ4n) is 7.56. The summed E-state index contributed by atoms with van der Waals surface area (Å²) >= 11 is 0.674. The van der Waals surface area contributed by atoms with E-state index in [0.717, 1.165) is 34.4 Å². The van der Waals surface area contributed by atoms with Gasteiger partial charge in [0.15, 0.2) is 0 Å². The van der Waals surface area contributed by atoms with Crippen LogP contribution < -0.4 is 0 Å². The van der Waals surface area contributed by atoms with Crippen LogP contribution in [0, 0.1) is 11.8 Å². The van der Waals surface area contributed by atoms with Gasteiger partial charge in [0.25, 0.3) is 0 Å². The molecule has 0 unspecified atom stereocenters. The molecule has 4 aromatic rings. The third-order valence-electron chi connectivity index (χ3n) is 10.1. The first-order valence-corrected chi connectivity index (χ1v) is 21.0. The van der Waals surface area contributed by atoms with E-state index in [1.165, 1.54) is 107 Å². The molecule has 0 radical (unpaired) electrons. The van der Waals surface area contributed by atoms with Crippen LogP contribution in [0.2, 0.25) is 0 Å². The number of carbonyl (C=O) groups excluding carboxylic acids is 1. The van der Waals surface area contributed by atoms with Crippen LogP contribution >= 0.6 is 0 Å². The van der Waals surface area contributed by atoms with Crippen LogP contribution in [0.15, 0.2) is 78.9 Å². The van der Waals surface area contributed by atoms with E-state index < -0.39 is 0 Å². The van der Waals surface area contributed by atoms with Crippen molar-refractivity contribution < 1.29 is 4.79 Å². The summed E-state index contributed by atoms with van der Waals surface area (Å²) in [5, 5.41) is 0. The number of rotatable bonds is 10. The molecule has 0 saturated heterocycles. The molecule has 0 bridgehead atoms. The molecule has 6 rings (SSSR count). The predicted octanol–water partition coefficient (Wildman–Crippen LogP) is 11.8. The fourth-order valence-corrected chi connectivity index (χ4v) is 11.4. The van der Waals surface area contributed by atoms with Crippen molar-refractivity contribution in [1.29, 1.82) is 0 Å². The molecule has 2 aromatic carbocycles. The van der Waals surface area contributed by atoms with Crippen molar-refractivity contribution in [2.45, 2.75) is 110 Å². The number of hydrogen-bond acceptors (Lipinski definition) is 1. The quantitative estimate of drug-likeness (QED) is 0.117. The summed E-state index contributed by atoms with van der Waals surface area (Å²) in [4.78, 5) is 10.8. The van der Waals surface area contributed by atoms with Crippen LogP contribution in [-0.2, 0) is 0 Å². The number of hydrogen-bond donors (Lipinski definition) is 0. The zero-order valence-electron chi connectivity index (χ0n) is 27.7. The molecular formula is C42H52OSe2. The normalized spacial score (nSPS) is 21.8. The summed E-state index contributed by atoms with van der Waals surface area (Å²) in [5.74, 6) is 3.53. The Morgan fingerprint density at radius 2 is 1.00 bits per heavy atom. The van der Waals surface area contributed by atoms with Gasteiger partial charge in [-0.2, -0.15) is 0 Å². The minimum atomic E-state index is 0.196. The Balaban J connectivity index is 0.000000178. The average molecular weight is 731 g/mol. The first-order valence-electron chi connectivity index (χ1n) is 17.6. The summed E-state index contributed by atoms with van der Waals surface area (Å²) in [6, 6.07) is 27.3. The minimum absolute atomic E-state index is 0.196. The van der Waals surface area contributed by atoms with Gasteiger partial charge in [-0.1, -0.05) is 0 Å². The third-order valence-corrected chi connectivity index (χ3v) is 14.7. The number of allylic oxidation sites excluding steroid dienone is 1. The molecule has 1 nitrogen and oxygen atoms in total. The second kappa shape index (κ2) is 17.7. The van der Waals surface area contributed by atoms with Crippen LogP contribution in [0.4, 0.5) is 0 Å². The molecule has 2 aliphatic rings. The molecule has 0 amide bonds. The van der Waals surface area contributed by atoms with Gasteiger partial charge in [0.05, 0.1) is 0 Å². The summed E-state index contributed by atoms with van der Waals surface area (Å²) < 4.78 is 5.27. The van der Waals surface area contributed by atoms with Crippen LogP contribution in [0.25, 0.3) is 26.1 Å². The summed E-state index contributed by atoms with van der Waals surface area (Å²) in [7, 11) is 0. The average Bonchev–Trinajstić information content (AvgIpc) is 3.77. The maximum absolute atomic E-state index is 10.8. The molecule has 2 aromatic heterocycles. The van der Waals surface area contributed by atoms with E-state index in [1.54, 1.807) is 5.56 Å². The van der Waals surface area contributed by atoms with E-state index in [-0.39, 0.29) is 14.5 Å².